The summed E-state index contributed by atoms with van der Waals surface area (Å²) < 4.78 is 6.05. The Bertz CT molecular complexity index is 827. The monoisotopic (exact) mass is 421 g/mol. The fourth-order valence-electron chi connectivity index (χ4n) is 2.35. The maximum absolute atomic E-state index is 12.1. The van der Waals surface area contributed by atoms with Gasteiger partial charge >= 0.3 is 0 Å². The molecule has 0 aliphatic heterocycles. The highest BCUT2D eigenvalue weighted by molar-refractivity contribution is 14.1. The molecule has 0 saturated heterocycles. The van der Waals surface area contributed by atoms with Gasteiger partial charge in [-0.3, -0.25) is 4.79 Å². The van der Waals surface area contributed by atoms with Crippen molar-refractivity contribution >= 4 is 39.5 Å². The summed E-state index contributed by atoms with van der Waals surface area (Å²) in [7, 11) is 1.64. The smallest absolute Gasteiger partial charge is 0.179 e. The maximum Gasteiger partial charge on any atom is 0.179 e. The zero-order valence-corrected chi connectivity index (χ0v) is 14.8. The van der Waals surface area contributed by atoms with E-state index in [1.54, 1.807) is 13.3 Å². The highest BCUT2D eigenvalue weighted by Gasteiger charge is 2.10. The van der Waals surface area contributed by atoms with E-state index in [1.165, 1.54) is 0 Å². The molecule has 0 fully saturated rings. The third-order valence-electron chi connectivity index (χ3n) is 3.57. The van der Waals surface area contributed by atoms with Gasteiger partial charge in [-0.1, -0.05) is 24.3 Å². The second kappa shape index (κ2) is 7.18. The molecular weight excluding hydrogens is 405 g/mol. The van der Waals surface area contributed by atoms with Gasteiger partial charge in [0.25, 0.3) is 0 Å². The SMILES string of the molecule is COCCCC(=O)c1ccc(-c2nc3nccc(I)c3[nH]2)cc1. The van der Waals surface area contributed by atoms with Crippen LogP contribution in [0.1, 0.15) is 23.2 Å². The normalized spacial score (nSPS) is 11.0. The number of ketones is 1. The molecule has 0 amide bonds. The van der Waals surface area contributed by atoms with Gasteiger partial charge in [-0.2, -0.15) is 0 Å². The van der Waals surface area contributed by atoms with Crippen LogP contribution in [0.5, 0.6) is 0 Å². The van der Waals surface area contributed by atoms with E-state index in [9.17, 15) is 4.79 Å². The number of aromatic amines is 1. The van der Waals surface area contributed by atoms with Crippen LogP contribution in [0.2, 0.25) is 0 Å². The summed E-state index contributed by atoms with van der Waals surface area (Å²) in [4.78, 5) is 24.1. The Morgan fingerprint density at radius 3 is 2.74 bits per heavy atom. The van der Waals surface area contributed by atoms with Crippen LogP contribution in [-0.4, -0.2) is 34.5 Å². The van der Waals surface area contributed by atoms with E-state index in [4.69, 9.17) is 4.74 Å². The average molecular weight is 421 g/mol. The number of fused-ring (bicyclic) bond motifs is 1. The van der Waals surface area contributed by atoms with Crippen molar-refractivity contribution in [1.29, 1.82) is 0 Å². The Morgan fingerprint density at radius 2 is 2.04 bits per heavy atom. The van der Waals surface area contributed by atoms with Crippen molar-refractivity contribution in [2.24, 2.45) is 0 Å². The summed E-state index contributed by atoms with van der Waals surface area (Å²) in [6, 6.07) is 9.45. The molecule has 1 N–H and O–H groups in total. The fraction of sp³-hybridized carbons (Fsp3) is 0.235. The molecule has 0 spiro atoms. The first-order chi connectivity index (χ1) is 11.2. The number of H-pyrrole nitrogens is 1. The number of carbonyl (C=O) groups is 1. The largest absolute Gasteiger partial charge is 0.385 e. The van der Waals surface area contributed by atoms with Crippen LogP contribution in [0, 0.1) is 3.57 Å². The topological polar surface area (TPSA) is 67.9 Å². The van der Waals surface area contributed by atoms with E-state index in [0.29, 0.717) is 24.2 Å². The molecule has 0 unspecified atom stereocenters. The minimum atomic E-state index is 0.134. The summed E-state index contributed by atoms with van der Waals surface area (Å²) in [5.41, 5.74) is 3.29. The number of pyridine rings is 1. The van der Waals surface area contributed by atoms with E-state index < -0.39 is 0 Å². The van der Waals surface area contributed by atoms with Crippen molar-refractivity contribution in [2.75, 3.05) is 13.7 Å². The van der Waals surface area contributed by atoms with E-state index >= 15 is 0 Å². The molecule has 2 aromatic heterocycles. The second-order valence-electron chi connectivity index (χ2n) is 5.17. The van der Waals surface area contributed by atoms with Gasteiger partial charge in [0, 0.05) is 41.0 Å². The summed E-state index contributed by atoms with van der Waals surface area (Å²) in [6.07, 6.45) is 2.99. The highest BCUT2D eigenvalue weighted by Crippen LogP contribution is 2.23. The lowest BCUT2D eigenvalue weighted by Gasteiger charge is -2.02. The summed E-state index contributed by atoms with van der Waals surface area (Å²) in [5.74, 6) is 0.893. The number of imidazole rings is 1. The molecule has 0 aliphatic rings. The number of methoxy groups -OCH3 is 1. The van der Waals surface area contributed by atoms with Gasteiger partial charge in [0.1, 0.15) is 5.82 Å². The summed E-state index contributed by atoms with van der Waals surface area (Å²) in [6.45, 7) is 0.606. The molecule has 118 valence electrons. The fourth-order valence-corrected chi connectivity index (χ4v) is 2.89. The number of ether oxygens (including phenoxy) is 1. The van der Waals surface area contributed by atoms with Crippen LogP contribution in [-0.2, 0) is 4.74 Å². The lowest BCUT2D eigenvalue weighted by Crippen LogP contribution is -2.01. The molecule has 6 heteroatoms. The van der Waals surface area contributed by atoms with Gasteiger partial charge in [0.15, 0.2) is 11.4 Å². The number of nitrogens with one attached hydrogen (secondary N) is 1. The molecule has 3 rings (SSSR count). The maximum atomic E-state index is 12.1. The second-order valence-corrected chi connectivity index (χ2v) is 6.34. The summed E-state index contributed by atoms with van der Waals surface area (Å²) in [5, 5.41) is 0. The minimum Gasteiger partial charge on any atom is -0.385 e. The molecule has 0 aliphatic carbocycles. The number of benzene rings is 1. The predicted octanol–water partition coefficient (Wildman–Crippen LogP) is 3.84. The van der Waals surface area contributed by atoms with Gasteiger partial charge in [-0.05, 0) is 35.1 Å². The number of hydrogen-bond acceptors (Lipinski definition) is 4. The Labute approximate surface area is 147 Å². The molecule has 5 nitrogen and oxygen atoms in total. The number of rotatable bonds is 6. The van der Waals surface area contributed by atoms with Crippen molar-refractivity contribution in [1.82, 2.24) is 15.0 Å². The van der Waals surface area contributed by atoms with Crippen molar-refractivity contribution in [3.63, 3.8) is 0 Å². The molecule has 0 bridgehead atoms. The zero-order valence-electron chi connectivity index (χ0n) is 12.7. The van der Waals surface area contributed by atoms with Gasteiger partial charge in [-0.25, -0.2) is 9.97 Å². The van der Waals surface area contributed by atoms with E-state index in [-0.39, 0.29) is 5.78 Å². The molecule has 0 atom stereocenters. The number of hydrogen-bond donors (Lipinski definition) is 1. The third kappa shape index (κ3) is 3.59. The molecule has 0 radical (unpaired) electrons. The third-order valence-corrected chi connectivity index (χ3v) is 4.47. The van der Waals surface area contributed by atoms with E-state index in [1.807, 2.05) is 30.3 Å². The van der Waals surface area contributed by atoms with Gasteiger partial charge in [-0.15, -0.1) is 0 Å². The van der Waals surface area contributed by atoms with Crippen LogP contribution in [0.25, 0.3) is 22.6 Å². The lowest BCUT2D eigenvalue weighted by atomic mass is 10.0. The molecular formula is C17H16IN3O2. The molecule has 0 saturated carbocycles. The van der Waals surface area contributed by atoms with Crippen LogP contribution in [0.15, 0.2) is 36.5 Å². The first kappa shape index (κ1) is 16.1. The Kier molecular flexibility index (Phi) is 5.02. The van der Waals surface area contributed by atoms with Crippen molar-refractivity contribution in [3.05, 3.63) is 45.7 Å². The summed E-state index contributed by atoms with van der Waals surface area (Å²) >= 11 is 2.25. The Balaban J connectivity index is 1.80. The standard InChI is InChI=1S/C17H16IN3O2/c1-23-10-2-3-14(22)11-4-6-12(7-5-11)16-20-15-13(18)8-9-19-17(15)21-16/h4-9H,2-3,10H2,1H3,(H,19,20,21). The number of carbonyl (C=O) groups excluding carboxylic acids is 1. The van der Waals surface area contributed by atoms with Crippen LogP contribution >= 0.6 is 22.6 Å². The molecule has 1 aromatic carbocycles. The number of aromatic nitrogens is 3. The zero-order chi connectivity index (χ0) is 16.2. The molecule has 3 aromatic rings. The molecule has 2 heterocycles. The van der Waals surface area contributed by atoms with Gasteiger partial charge in [0.05, 0.1) is 5.52 Å². The van der Waals surface area contributed by atoms with Gasteiger partial charge < -0.3 is 9.72 Å². The van der Waals surface area contributed by atoms with Crippen molar-refractivity contribution in [3.8, 4) is 11.4 Å². The van der Waals surface area contributed by atoms with E-state index in [2.05, 4.69) is 37.5 Å². The number of halogens is 1. The molecule has 23 heavy (non-hydrogen) atoms. The number of nitrogens with zero attached hydrogens (tertiary/aromatic N) is 2. The Morgan fingerprint density at radius 1 is 1.26 bits per heavy atom. The van der Waals surface area contributed by atoms with E-state index in [0.717, 1.165) is 26.9 Å². The minimum absolute atomic E-state index is 0.134. The highest BCUT2D eigenvalue weighted by atomic mass is 127. The first-order valence-electron chi connectivity index (χ1n) is 7.32. The van der Waals surface area contributed by atoms with Gasteiger partial charge in [0.2, 0.25) is 0 Å². The van der Waals surface area contributed by atoms with Crippen LogP contribution < -0.4 is 0 Å². The van der Waals surface area contributed by atoms with Crippen molar-refractivity contribution in [2.45, 2.75) is 12.8 Å². The quantitative estimate of drug-likeness (QED) is 0.373. The van der Waals surface area contributed by atoms with Crippen LogP contribution in [0.3, 0.4) is 0 Å². The first-order valence-corrected chi connectivity index (χ1v) is 8.39. The Hall–Kier alpha value is -1.80. The lowest BCUT2D eigenvalue weighted by molar-refractivity contribution is 0.0963. The average Bonchev–Trinajstić information content (AvgIpc) is 3.01. The predicted molar refractivity (Wildman–Crippen MR) is 97.5 cm³/mol. The van der Waals surface area contributed by atoms with Crippen molar-refractivity contribution < 1.29 is 9.53 Å². The number of Topliss-reactive ketones (excluding diaryl/α,β-unsaturated/α-hetero) is 1. The van der Waals surface area contributed by atoms with Crippen LogP contribution in [0.4, 0.5) is 0 Å².